The van der Waals surface area contributed by atoms with Crippen LogP contribution in [0.5, 0.6) is 0 Å². The van der Waals surface area contributed by atoms with Gasteiger partial charge in [0, 0.05) is 6.04 Å². The molecule has 0 aromatic heterocycles. The van der Waals surface area contributed by atoms with E-state index in [4.69, 9.17) is 0 Å². The molecule has 0 spiro atoms. The minimum Gasteiger partial charge on any atom is -0.311 e. The lowest BCUT2D eigenvalue weighted by molar-refractivity contribution is 0.550. The van der Waals surface area contributed by atoms with Crippen molar-refractivity contribution in [3.8, 4) is 0 Å². The molecule has 0 fully saturated rings. The van der Waals surface area contributed by atoms with Gasteiger partial charge in [0.2, 0.25) is 0 Å². The fourth-order valence-electron chi connectivity index (χ4n) is 1.93. The molecule has 0 saturated heterocycles. The zero-order chi connectivity index (χ0) is 13.4. The number of hydrogen-bond acceptors (Lipinski definition) is 1. The summed E-state index contributed by atoms with van der Waals surface area (Å²) in [6.45, 7) is 8.73. The van der Waals surface area contributed by atoms with Gasteiger partial charge in [0.15, 0.2) is 0 Å². The first-order valence-electron chi connectivity index (χ1n) is 6.78. The van der Waals surface area contributed by atoms with Gasteiger partial charge in [-0.25, -0.2) is 4.39 Å². The highest BCUT2D eigenvalue weighted by molar-refractivity contribution is 5.23. The normalized spacial score (nSPS) is 12.4. The molecule has 1 aromatic rings. The predicted octanol–water partition coefficient (Wildman–Crippen LogP) is 4.01. The van der Waals surface area contributed by atoms with E-state index in [-0.39, 0.29) is 5.82 Å². The second kappa shape index (κ2) is 8.04. The highest BCUT2D eigenvalue weighted by atomic mass is 19.1. The van der Waals surface area contributed by atoms with Gasteiger partial charge in [0.1, 0.15) is 5.82 Å². The number of nitrogens with one attached hydrogen (secondary N) is 1. The number of halogens is 1. The Bertz CT molecular complexity index is 373. The van der Waals surface area contributed by atoms with Crippen molar-refractivity contribution < 1.29 is 4.39 Å². The molecule has 0 aliphatic heterocycles. The standard InChI is InChI=1S/C16H24FN/c1-4-15(5-2)18-11-7-6-8-14-10-9-13(3)16(17)12-14/h4,9-10,12,15,18H,1,5-8,11H2,2-3H3. The zero-order valence-corrected chi connectivity index (χ0v) is 11.5. The molecule has 0 heterocycles. The summed E-state index contributed by atoms with van der Waals surface area (Å²) < 4.78 is 13.3. The molecule has 1 aromatic carbocycles. The molecule has 0 radical (unpaired) electrons. The van der Waals surface area contributed by atoms with Gasteiger partial charge in [0.05, 0.1) is 0 Å². The second-order valence-electron chi connectivity index (χ2n) is 4.75. The molecule has 0 aliphatic rings. The van der Waals surface area contributed by atoms with Crippen LogP contribution in [0.15, 0.2) is 30.9 Å². The Kier molecular flexibility index (Phi) is 6.66. The smallest absolute Gasteiger partial charge is 0.126 e. The van der Waals surface area contributed by atoms with E-state index < -0.39 is 0 Å². The summed E-state index contributed by atoms with van der Waals surface area (Å²) in [5.41, 5.74) is 1.81. The highest BCUT2D eigenvalue weighted by Gasteiger charge is 2.01. The van der Waals surface area contributed by atoms with Crippen LogP contribution in [-0.4, -0.2) is 12.6 Å². The molecule has 0 amide bonds. The van der Waals surface area contributed by atoms with Crippen molar-refractivity contribution in [3.63, 3.8) is 0 Å². The van der Waals surface area contributed by atoms with Crippen LogP contribution in [0.4, 0.5) is 4.39 Å². The van der Waals surface area contributed by atoms with Crippen LogP contribution in [0.2, 0.25) is 0 Å². The third-order valence-corrected chi connectivity index (χ3v) is 3.26. The molecule has 0 saturated carbocycles. The number of hydrogen-bond donors (Lipinski definition) is 1. The third-order valence-electron chi connectivity index (χ3n) is 3.26. The van der Waals surface area contributed by atoms with Gasteiger partial charge >= 0.3 is 0 Å². The molecule has 1 rings (SSSR count). The Morgan fingerprint density at radius 1 is 1.39 bits per heavy atom. The lowest BCUT2D eigenvalue weighted by Gasteiger charge is -2.11. The van der Waals surface area contributed by atoms with Crippen LogP contribution >= 0.6 is 0 Å². The maximum absolute atomic E-state index is 13.3. The molecule has 1 nitrogen and oxygen atoms in total. The van der Waals surface area contributed by atoms with E-state index in [0.29, 0.717) is 6.04 Å². The van der Waals surface area contributed by atoms with Gasteiger partial charge in [0.25, 0.3) is 0 Å². The van der Waals surface area contributed by atoms with Gasteiger partial charge < -0.3 is 5.32 Å². The van der Waals surface area contributed by atoms with Gasteiger partial charge in [-0.05, 0) is 56.3 Å². The van der Waals surface area contributed by atoms with Crippen molar-refractivity contribution in [1.29, 1.82) is 0 Å². The van der Waals surface area contributed by atoms with E-state index in [1.54, 1.807) is 13.0 Å². The monoisotopic (exact) mass is 249 g/mol. The maximum atomic E-state index is 13.3. The van der Waals surface area contributed by atoms with E-state index in [2.05, 4.69) is 18.8 Å². The summed E-state index contributed by atoms with van der Waals surface area (Å²) >= 11 is 0. The van der Waals surface area contributed by atoms with Gasteiger partial charge in [-0.2, -0.15) is 0 Å². The predicted molar refractivity (Wildman–Crippen MR) is 76.4 cm³/mol. The number of unbranched alkanes of at least 4 members (excludes halogenated alkanes) is 1. The average Bonchev–Trinajstić information content (AvgIpc) is 2.38. The van der Waals surface area contributed by atoms with Crippen LogP contribution in [0.3, 0.4) is 0 Å². The fourth-order valence-corrected chi connectivity index (χ4v) is 1.93. The Balaban J connectivity index is 2.21. The van der Waals surface area contributed by atoms with Crippen molar-refractivity contribution in [3.05, 3.63) is 47.8 Å². The molecule has 2 heteroatoms. The van der Waals surface area contributed by atoms with E-state index in [0.717, 1.165) is 43.4 Å². The minimum atomic E-state index is -0.0941. The largest absolute Gasteiger partial charge is 0.311 e. The van der Waals surface area contributed by atoms with Gasteiger partial charge in [-0.15, -0.1) is 6.58 Å². The molecular weight excluding hydrogens is 225 g/mol. The summed E-state index contributed by atoms with van der Waals surface area (Å²) in [4.78, 5) is 0. The molecule has 1 N–H and O–H groups in total. The van der Waals surface area contributed by atoms with Crippen molar-refractivity contribution in [2.45, 2.75) is 45.6 Å². The molecule has 0 bridgehead atoms. The molecule has 1 unspecified atom stereocenters. The van der Waals surface area contributed by atoms with E-state index in [1.807, 2.05) is 18.2 Å². The Labute approximate surface area is 110 Å². The molecule has 0 aliphatic carbocycles. The average molecular weight is 249 g/mol. The first-order chi connectivity index (χ1) is 8.67. The SMILES string of the molecule is C=CC(CC)NCCCCc1ccc(C)c(F)c1. The van der Waals surface area contributed by atoms with E-state index in [1.165, 1.54) is 0 Å². The number of benzene rings is 1. The fraction of sp³-hybridized carbons (Fsp3) is 0.500. The highest BCUT2D eigenvalue weighted by Crippen LogP contribution is 2.11. The summed E-state index contributed by atoms with van der Waals surface area (Å²) in [5, 5.41) is 3.43. The third kappa shape index (κ3) is 5.01. The molecule has 18 heavy (non-hydrogen) atoms. The summed E-state index contributed by atoms with van der Waals surface area (Å²) in [6.07, 6.45) is 6.18. The van der Waals surface area contributed by atoms with Crippen LogP contribution in [-0.2, 0) is 6.42 Å². The second-order valence-corrected chi connectivity index (χ2v) is 4.75. The molecular formula is C16H24FN. The summed E-state index contributed by atoms with van der Waals surface area (Å²) in [6, 6.07) is 5.95. The van der Waals surface area contributed by atoms with Crippen molar-refractivity contribution in [1.82, 2.24) is 5.32 Å². The number of rotatable bonds is 8. The van der Waals surface area contributed by atoms with Crippen molar-refractivity contribution in [2.75, 3.05) is 6.54 Å². The summed E-state index contributed by atoms with van der Waals surface area (Å²) in [5.74, 6) is -0.0941. The first-order valence-corrected chi connectivity index (χ1v) is 6.78. The lowest BCUT2D eigenvalue weighted by Crippen LogP contribution is -2.27. The lowest BCUT2D eigenvalue weighted by atomic mass is 10.1. The first kappa shape index (κ1) is 14.9. The number of aryl methyl sites for hydroxylation is 2. The van der Waals surface area contributed by atoms with Crippen LogP contribution in [0.25, 0.3) is 0 Å². The van der Waals surface area contributed by atoms with Crippen molar-refractivity contribution in [2.24, 2.45) is 0 Å². The minimum absolute atomic E-state index is 0.0941. The Morgan fingerprint density at radius 2 is 2.17 bits per heavy atom. The molecule has 100 valence electrons. The van der Waals surface area contributed by atoms with Crippen molar-refractivity contribution >= 4 is 0 Å². The quantitative estimate of drug-likeness (QED) is 0.542. The van der Waals surface area contributed by atoms with Gasteiger partial charge in [-0.1, -0.05) is 25.1 Å². The zero-order valence-electron chi connectivity index (χ0n) is 11.5. The van der Waals surface area contributed by atoms with Crippen LogP contribution < -0.4 is 5.32 Å². The van der Waals surface area contributed by atoms with Gasteiger partial charge in [-0.3, -0.25) is 0 Å². The van der Waals surface area contributed by atoms with E-state index in [9.17, 15) is 4.39 Å². The van der Waals surface area contributed by atoms with Crippen LogP contribution in [0, 0.1) is 12.7 Å². The van der Waals surface area contributed by atoms with Crippen LogP contribution in [0.1, 0.15) is 37.3 Å². The molecule has 1 atom stereocenters. The Hall–Kier alpha value is -1.15. The summed E-state index contributed by atoms with van der Waals surface area (Å²) in [7, 11) is 0. The van der Waals surface area contributed by atoms with E-state index >= 15 is 0 Å². The topological polar surface area (TPSA) is 12.0 Å². The Morgan fingerprint density at radius 3 is 2.78 bits per heavy atom. The maximum Gasteiger partial charge on any atom is 0.126 e.